The molecule has 4 rings (SSSR count). The van der Waals surface area contributed by atoms with Gasteiger partial charge in [0, 0.05) is 11.6 Å². The van der Waals surface area contributed by atoms with Crippen LogP contribution in [0.3, 0.4) is 0 Å². The second-order valence-corrected chi connectivity index (χ2v) is 10.3. The van der Waals surface area contributed by atoms with E-state index in [0.29, 0.717) is 11.5 Å². The summed E-state index contributed by atoms with van der Waals surface area (Å²) in [5.41, 5.74) is 2.97. The summed E-state index contributed by atoms with van der Waals surface area (Å²) in [7, 11) is -2.54. The molecule has 10 heteroatoms. The van der Waals surface area contributed by atoms with Crippen molar-refractivity contribution < 1.29 is 27.1 Å². The first-order chi connectivity index (χ1) is 17.1. The molecule has 0 fully saturated rings. The van der Waals surface area contributed by atoms with Crippen molar-refractivity contribution in [3.05, 3.63) is 82.8 Å². The molecular formula is C26H24FN3O5S. The lowest BCUT2D eigenvalue weighted by molar-refractivity contribution is 0.101. The Labute approximate surface area is 208 Å². The topological polar surface area (TPSA) is 111 Å². The molecule has 0 aliphatic heterocycles. The van der Waals surface area contributed by atoms with Gasteiger partial charge in [0.2, 0.25) is 15.7 Å². The number of benzene rings is 2. The van der Waals surface area contributed by atoms with Crippen molar-refractivity contribution in [1.82, 2.24) is 15.2 Å². The Morgan fingerprint density at radius 2 is 1.75 bits per heavy atom. The van der Waals surface area contributed by atoms with E-state index in [9.17, 15) is 17.6 Å². The van der Waals surface area contributed by atoms with Crippen molar-refractivity contribution in [2.24, 2.45) is 0 Å². The van der Waals surface area contributed by atoms with Crippen LogP contribution in [0.5, 0.6) is 17.4 Å². The minimum Gasteiger partial charge on any atom is -0.497 e. The third-order valence-corrected chi connectivity index (χ3v) is 7.09. The molecule has 2 aromatic carbocycles. The Kier molecular flexibility index (Phi) is 6.89. The van der Waals surface area contributed by atoms with Crippen LogP contribution in [-0.2, 0) is 9.84 Å². The number of halogens is 1. The number of pyridine rings is 1. The zero-order valence-electron chi connectivity index (χ0n) is 20.1. The zero-order valence-corrected chi connectivity index (χ0v) is 20.9. The number of hydrogen-bond acceptors (Lipinski definition) is 7. The number of hydrogen-bond donors (Lipinski definition) is 1. The smallest absolute Gasteiger partial charge is 0.230 e. The van der Waals surface area contributed by atoms with E-state index in [2.05, 4.69) is 15.2 Å². The molecule has 0 saturated heterocycles. The first kappa shape index (κ1) is 25.1. The molecule has 186 valence electrons. The number of carbonyl (C=O) groups excluding carboxylic acids is 1. The summed E-state index contributed by atoms with van der Waals surface area (Å²) in [6, 6.07) is 12.3. The van der Waals surface area contributed by atoms with Crippen LogP contribution in [-0.4, -0.2) is 42.2 Å². The van der Waals surface area contributed by atoms with E-state index in [-0.39, 0.29) is 27.7 Å². The normalized spacial score (nSPS) is 11.4. The summed E-state index contributed by atoms with van der Waals surface area (Å²) >= 11 is 0. The van der Waals surface area contributed by atoms with Gasteiger partial charge < -0.3 is 9.47 Å². The number of carbonyl (C=O) groups is 1. The quantitative estimate of drug-likeness (QED) is 0.333. The maximum absolute atomic E-state index is 14.8. The van der Waals surface area contributed by atoms with Gasteiger partial charge in [-0.1, -0.05) is 17.7 Å². The fourth-order valence-corrected chi connectivity index (χ4v) is 5.00. The highest BCUT2D eigenvalue weighted by molar-refractivity contribution is 7.92. The van der Waals surface area contributed by atoms with Gasteiger partial charge in [0.25, 0.3) is 0 Å². The molecule has 36 heavy (non-hydrogen) atoms. The Hall–Kier alpha value is -4.05. The second-order valence-electron chi connectivity index (χ2n) is 8.33. The number of sulfone groups is 1. The van der Waals surface area contributed by atoms with E-state index < -0.39 is 27.2 Å². The average molecular weight is 510 g/mol. The van der Waals surface area contributed by atoms with Crippen LogP contribution in [0.1, 0.15) is 27.0 Å². The number of H-pyrrole nitrogens is 1. The van der Waals surface area contributed by atoms with Gasteiger partial charge in [-0.05, 0) is 62.2 Å². The highest BCUT2D eigenvalue weighted by Gasteiger charge is 2.26. The number of methoxy groups -OCH3 is 1. The number of nitrogens with zero attached hydrogens (tertiary/aromatic N) is 2. The van der Waals surface area contributed by atoms with Gasteiger partial charge in [-0.25, -0.2) is 17.8 Å². The molecule has 2 heterocycles. The minimum absolute atomic E-state index is 0.0462. The first-order valence-electron chi connectivity index (χ1n) is 10.9. The molecule has 1 N–H and O–H groups in total. The summed E-state index contributed by atoms with van der Waals surface area (Å²) in [6.07, 6.45) is 1.29. The predicted molar refractivity (Wildman–Crippen MR) is 132 cm³/mol. The predicted octanol–water partition coefficient (Wildman–Crippen LogP) is 4.99. The summed E-state index contributed by atoms with van der Waals surface area (Å²) in [4.78, 5) is 17.6. The zero-order chi connectivity index (χ0) is 26.0. The summed E-state index contributed by atoms with van der Waals surface area (Å²) in [5, 5.41) is 5.83. The lowest BCUT2D eigenvalue weighted by Gasteiger charge is -2.16. The number of aromatic nitrogens is 3. The summed E-state index contributed by atoms with van der Waals surface area (Å²) in [6.45, 7) is 5.66. The van der Waals surface area contributed by atoms with Crippen molar-refractivity contribution in [2.75, 3.05) is 12.9 Å². The Morgan fingerprint density at radius 3 is 2.36 bits per heavy atom. The lowest BCUT2D eigenvalue weighted by Crippen LogP contribution is -2.18. The van der Waals surface area contributed by atoms with E-state index >= 15 is 0 Å². The van der Waals surface area contributed by atoms with E-state index in [1.54, 1.807) is 6.07 Å². The average Bonchev–Trinajstić information content (AvgIpc) is 3.37. The van der Waals surface area contributed by atoms with Crippen molar-refractivity contribution >= 4 is 15.6 Å². The van der Waals surface area contributed by atoms with Crippen molar-refractivity contribution in [3.8, 4) is 28.6 Å². The Morgan fingerprint density at radius 1 is 1.03 bits per heavy atom. The largest absolute Gasteiger partial charge is 0.497 e. The second kappa shape index (κ2) is 9.90. The van der Waals surface area contributed by atoms with Crippen LogP contribution in [0.4, 0.5) is 4.39 Å². The molecule has 2 aromatic heterocycles. The van der Waals surface area contributed by atoms with Gasteiger partial charge >= 0.3 is 0 Å². The molecule has 0 radical (unpaired) electrons. The molecule has 0 atom stereocenters. The van der Waals surface area contributed by atoms with Gasteiger partial charge in [0.15, 0.2) is 10.8 Å². The van der Waals surface area contributed by atoms with E-state index in [1.807, 2.05) is 32.9 Å². The number of ether oxygens (including phenoxy) is 2. The molecule has 0 bridgehead atoms. The van der Waals surface area contributed by atoms with Crippen LogP contribution in [0.25, 0.3) is 11.3 Å². The minimum atomic E-state index is -3.98. The molecule has 0 unspecified atom stereocenters. The van der Waals surface area contributed by atoms with Gasteiger partial charge in [-0.2, -0.15) is 5.10 Å². The molecule has 8 nitrogen and oxygen atoms in total. The highest BCUT2D eigenvalue weighted by Crippen LogP contribution is 2.34. The van der Waals surface area contributed by atoms with Crippen molar-refractivity contribution in [1.29, 1.82) is 0 Å². The van der Waals surface area contributed by atoms with E-state index in [1.165, 1.54) is 43.6 Å². The maximum Gasteiger partial charge on any atom is 0.230 e. The van der Waals surface area contributed by atoms with Gasteiger partial charge in [0.1, 0.15) is 23.1 Å². The molecule has 0 aliphatic carbocycles. The molecule has 0 spiro atoms. The van der Waals surface area contributed by atoms with Crippen molar-refractivity contribution in [3.63, 3.8) is 0 Å². The van der Waals surface area contributed by atoms with Crippen LogP contribution in [0.15, 0.2) is 59.8 Å². The van der Waals surface area contributed by atoms with Crippen LogP contribution >= 0.6 is 0 Å². The number of aryl methyl sites for hydroxylation is 3. The van der Waals surface area contributed by atoms with E-state index in [0.717, 1.165) is 16.7 Å². The summed E-state index contributed by atoms with van der Waals surface area (Å²) in [5.74, 6) is -1.43. The molecule has 4 aromatic rings. The lowest BCUT2D eigenvalue weighted by atomic mass is 10.1. The molecule has 0 saturated carbocycles. The third kappa shape index (κ3) is 5.13. The van der Waals surface area contributed by atoms with Gasteiger partial charge in [-0.15, -0.1) is 0 Å². The van der Waals surface area contributed by atoms with Crippen LogP contribution in [0, 0.1) is 26.6 Å². The van der Waals surface area contributed by atoms with Gasteiger partial charge in [-0.3, -0.25) is 9.89 Å². The monoisotopic (exact) mass is 509 g/mol. The Balaban J connectivity index is 1.80. The number of nitrogens with one attached hydrogen (secondary N) is 1. The number of ketones is 1. The highest BCUT2D eigenvalue weighted by atomic mass is 32.2. The standard InChI is InChI=1S/C26H24FN3O5S/c1-15-11-16(2)25(17(3)12-15)35-26-20(23(31)14-36(32,33)24-9-10-28-30-24)7-8-22(29-26)19-6-5-18(34-4)13-21(19)27/h5-13H,14H2,1-4H3,(H,28,30). The summed E-state index contributed by atoms with van der Waals surface area (Å²) < 4.78 is 51.3. The van der Waals surface area contributed by atoms with Crippen LogP contribution < -0.4 is 9.47 Å². The number of rotatable bonds is 8. The maximum atomic E-state index is 14.8. The molecule has 0 aliphatic rings. The molecule has 0 amide bonds. The fourth-order valence-electron chi connectivity index (χ4n) is 3.88. The first-order valence-corrected chi connectivity index (χ1v) is 12.6. The SMILES string of the molecule is COc1ccc(-c2ccc(C(=O)CS(=O)(=O)c3ccn[nH]3)c(Oc3c(C)cc(C)cc3C)n2)c(F)c1. The number of Topliss-reactive ketones (excluding diaryl/α,β-unsaturated/α-hetero) is 1. The van der Waals surface area contributed by atoms with Crippen LogP contribution in [0.2, 0.25) is 0 Å². The third-order valence-electron chi connectivity index (χ3n) is 5.55. The fraction of sp³-hybridized carbons (Fsp3) is 0.192. The van der Waals surface area contributed by atoms with Gasteiger partial charge in [0.05, 0.1) is 24.6 Å². The van der Waals surface area contributed by atoms with Crippen molar-refractivity contribution in [2.45, 2.75) is 25.8 Å². The molecular weight excluding hydrogens is 485 g/mol. The van der Waals surface area contributed by atoms with E-state index in [4.69, 9.17) is 9.47 Å². The number of aromatic amines is 1. The Bertz CT molecular complexity index is 1530.